The van der Waals surface area contributed by atoms with Crippen molar-refractivity contribution in [2.24, 2.45) is 0 Å². The number of rotatable bonds is 61. The highest BCUT2D eigenvalue weighted by molar-refractivity contribution is 7.47. The average Bonchev–Trinajstić information content (AvgIpc) is 3.39. The summed E-state index contributed by atoms with van der Waals surface area (Å²) < 4.78 is 30.8. The predicted octanol–water partition coefficient (Wildman–Crippen LogP) is 20.7. The number of phosphoric ester groups is 1. The monoisotopic (exact) mass is 1110 g/mol. The Labute approximate surface area is 478 Å². The number of hydrogen-bond donors (Lipinski definition) is 2. The number of nitrogens with zero attached hydrogens (tertiary/aromatic N) is 1. The number of carbonyl (C=O) groups is 2. The van der Waals surface area contributed by atoms with E-state index in [1.807, 2.05) is 33.3 Å². The Hall–Kier alpha value is -1.77. The number of likely N-dealkylation sites (N-methyl/N-ethyl adjacent to an activating group) is 1. The van der Waals surface area contributed by atoms with Crippen molar-refractivity contribution in [2.45, 2.75) is 341 Å². The Morgan fingerprint density at radius 1 is 0.455 bits per heavy atom. The minimum Gasteiger partial charge on any atom is -0.456 e. The minimum absolute atomic E-state index is 0.0432. The van der Waals surface area contributed by atoms with E-state index in [1.54, 1.807) is 0 Å². The van der Waals surface area contributed by atoms with Crippen LogP contribution >= 0.6 is 7.82 Å². The van der Waals surface area contributed by atoms with Crippen molar-refractivity contribution >= 4 is 19.7 Å². The first-order chi connectivity index (χ1) is 37.4. The van der Waals surface area contributed by atoms with Gasteiger partial charge in [0.15, 0.2) is 0 Å². The molecule has 0 saturated carbocycles. The molecule has 0 aliphatic carbocycles. The number of phosphoric acid groups is 1. The Balaban J connectivity index is 5.13. The van der Waals surface area contributed by atoms with Gasteiger partial charge in [-0.2, -0.15) is 0 Å². The first-order valence-corrected chi connectivity index (χ1v) is 34.8. The summed E-state index contributed by atoms with van der Waals surface area (Å²) >= 11 is 0. The van der Waals surface area contributed by atoms with E-state index in [-0.39, 0.29) is 25.1 Å². The van der Waals surface area contributed by atoms with Crippen LogP contribution in [0.25, 0.3) is 0 Å². The molecule has 0 rings (SSSR count). The van der Waals surface area contributed by atoms with Gasteiger partial charge in [0.25, 0.3) is 0 Å². The Morgan fingerprint density at radius 2 is 0.792 bits per heavy atom. The van der Waals surface area contributed by atoms with E-state index < -0.39 is 20.0 Å². The standard InChI is InChI=1S/C67H129N2O7P/c1-7-10-13-16-19-22-25-28-30-31-32-33-34-35-36-37-39-42-45-48-51-54-57-60-67(71)76-65(58-55-52-49-46-43-40-27-24-21-18-15-12-9-3)64(63-75-77(72,73)74-62-61-69(4,5)6)68-66(70)59-56-53-50-47-44-41-38-29-26-23-20-17-14-11-8-2/h19,22,28,30,55,58,64-65H,7-18,20-21,23-27,29,31-54,56-57,59-63H2,1-6H3,(H-,68,70,72,73)/p+1/b22-19-,30-28-,58-55+. The normalized spacial score (nSPS) is 13.8. The van der Waals surface area contributed by atoms with Gasteiger partial charge < -0.3 is 19.4 Å². The summed E-state index contributed by atoms with van der Waals surface area (Å²) in [5.41, 5.74) is 0. The zero-order valence-electron chi connectivity index (χ0n) is 52.0. The molecule has 0 aliphatic heterocycles. The van der Waals surface area contributed by atoms with E-state index in [1.165, 1.54) is 231 Å². The maximum absolute atomic E-state index is 13.6. The number of quaternary nitrogens is 1. The fourth-order valence-corrected chi connectivity index (χ4v) is 10.7. The van der Waals surface area contributed by atoms with Crippen LogP contribution in [0, 0.1) is 0 Å². The lowest BCUT2D eigenvalue weighted by Gasteiger charge is -2.27. The summed E-state index contributed by atoms with van der Waals surface area (Å²) in [6, 6.07) is -0.844. The van der Waals surface area contributed by atoms with E-state index in [0.717, 1.165) is 64.2 Å². The summed E-state index contributed by atoms with van der Waals surface area (Å²) in [4.78, 5) is 37.8. The van der Waals surface area contributed by atoms with Crippen molar-refractivity contribution in [3.63, 3.8) is 0 Å². The minimum atomic E-state index is -4.45. The van der Waals surface area contributed by atoms with Gasteiger partial charge in [-0.25, -0.2) is 4.57 Å². The molecule has 454 valence electrons. The topological polar surface area (TPSA) is 111 Å². The van der Waals surface area contributed by atoms with Crippen LogP contribution in [0.2, 0.25) is 0 Å². The molecular weight excluding hydrogens is 976 g/mol. The third-order valence-corrected chi connectivity index (χ3v) is 16.1. The second-order valence-corrected chi connectivity index (χ2v) is 25.5. The maximum Gasteiger partial charge on any atom is 0.472 e. The van der Waals surface area contributed by atoms with Gasteiger partial charge >= 0.3 is 13.8 Å². The number of ether oxygens (including phenoxy) is 1. The van der Waals surface area contributed by atoms with Gasteiger partial charge in [-0.1, -0.05) is 289 Å². The van der Waals surface area contributed by atoms with Crippen molar-refractivity contribution in [3.8, 4) is 0 Å². The van der Waals surface area contributed by atoms with Crippen LogP contribution in [-0.4, -0.2) is 74.3 Å². The number of unbranched alkanes of at least 4 members (excludes halogenated alkanes) is 41. The molecule has 0 bridgehead atoms. The smallest absolute Gasteiger partial charge is 0.456 e. The highest BCUT2D eigenvalue weighted by Gasteiger charge is 2.30. The molecule has 0 aromatic heterocycles. The Bertz CT molecular complexity index is 1410. The molecule has 0 fully saturated rings. The molecule has 3 unspecified atom stereocenters. The van der Waals surface area contributed by atoms with Crippen LogP contribution in [0.4, 0.5) is 0 Å². The number of esters is 1. The predicted molar refractivity (Wildman–Crippen MR) is 332 cm³/mol. The van der Waals surface area contributed by atoms with E-state index in [9.17, 15) is 19.0 Å². The van der Waals surface area contributed by atoms with Crippen LogP contribution in [0.1, 0.15) is 329 Å². The molecular formula is C67H130N2O7P+. The van der Waals surface area contributed by atoms with Crippen molar-refractivity contribution in [1.82, 2.24) is 5.32 Å². The summed E-state index contributed by atoms with van der Waals surface area (Å²) in [6.07, 6.45) is 70.0. The second-order valence-electron chi connectivity index (χ2n) is 24.0. The molecule has 1 amide bonds. The van der Waals surface area contributed by atoms with Gasteiger partial charge in [0, 0.05) is 12.8 Å². The summed E-state index contributed by atoms with van der Waals surface area (Å²) in [6.45, 7) is 7.04. The van der Waals surface area contributed by atoms with Crippen molar-refractivity contribution in [2.75, 3.05) is 40.9 Å². The average molecular weight is 1110 g/mol. The molecule has 10 heteroatoms. The van der Waals surface area contributed by atoms with E-state index in [4.69, 9.17) is 13.8 Å². The molecule has 77 heavy (non-hydrogen) atoms. The number of allylic oxidation sites excluding steroid dienone is 5. The Morgan fingerprint density at radius 3 is 1.19 bits per heavy atom. The van der Waals surface area contributed by atoms with Gasteiger partial charge in [-0.3, -0.25) is 18.6 Å². The lowest BCUT2D eigenvalue weighted by Crippen LogP contribution is -2.47. The van der Waals surface area contributed by atoms with Crippen LogP contribution in [0.5, 0.6) is 0 Å². The third-order valence-electron chi connectivity index (χ3n) is 15.1. The molecule has 2 N–H and O–H groups in total. The van der Waals surface area contributed by atoms with Gasteiger partial charge in [0.1, 0.15) is 19.3 Å². The number of nitrogens with one attached hydrogen (secondary N) is 1. The maximum atomic E-state index is 13.6. The van der Waals surface area contributed by atoms with Crippen molar-refractivity contribution in [1.29, 1.82) is 0 Å². The van der Waals surface area contributed by atoms with Crippen molar-refractivity contribution < 1.29 is 37.3 Å². The van der Waals surface area contributed by atoms with Gasteiger partial charge in [0.2, 0.25) is 5.91 Å². The first kappa shape index (κ1) is 75.2. The summed E-state index contributed by atoms with van der Waals surface area (Å²) in [5.74, 6) is -0.488. The molecule has 0 heterocycles. The lowest BCUT2D eigenvalue weighted by atomic mass is 10.0. The summed E-state index contributed by atoms with van der Waals surface area (Å²) in [7, 11) is 1.51. The zero-order valence-corrected chi connectivity index (χ0v) is 52.9. The van der Waals surface area contributed by atoms with Gasteiger partial charge in [-0.15, -0.1) is 0 Å². The number of carbonyl (C=O) groups excluding carboxylic acids is 2. The molecule has 0 radical (unpaired) electrons. The lowest BCUT2D eigenvalue weighted by molar-refractivity contribution is -0.870. The molecule has 3 atom stereocenters. The highest BCUT2D eigenvalue weighted by Crippen LogP contribution is 2.43. The fraction of sp³-hybridized carbons (Fsp3) is 0.881. The quantitative estimate of drug-likeness (QED) is 0.0205. The SMILES string of the molecule is CCCCC/C=C\C/C=C\CCCCCCCCCCCCCCCC(=O)OC(/C=C/CCCCCCCCCCCCC)C(COP(=O)(O)OCC[N+](C)(C)C)NC(=O)CCCCCCCCCCCCCCCCC. The molecule has 0 spiro atoms. The molecule has 0 saturated heterocycles. The first-order valence-electron chi connectivity index (χ1n) is 33.3. The molecule has 0 aromatic rings. The van der Waals surface area contributed by atoms with Gasteiger partial charge in [0.05, 0.1) is 33.8 Å². The largest absolute Gasteiger partial charge is 0.472 e. The van der Waals surface area contributed by atoms with Crippen molar-refractivity contribution in [3.05, 3.63) is 36.5 Å². The fourth-order valence-electron chi connectivity index (χ4n) is 9.91. The van der Waals surface area contributed by atoms with Crippen LogP contribution < -0.4 is 5.32 Å². The summed E-state index contributed by atoms with van der Waals surface area (Å²) in [5, 5.41) is 3.07. The van der Waals surface area contributed by atoms with Gasteiger partial charge in [-0.05, 0) is 63.9 Å². The van der Waals surface area contributed by atoms with E-state index >= 15 is 0 Å². The van der Waals surface area contributed by atoms with E-state index in [2.05, 4.69) is 50.4 Å². The third kappa shape index (κ3) is 58.7. The molecule has 0 aliphatic rings. The molecule has 0 aromatic carbocycles. The van der Waals surface area contributed by atoms with E-state index in [0.29, 0.717) is 23.9 Å². The highest BCUT2D eigenvalue weighted by atomic mass is 31.2. The van der Waals surface area contributed by atoms with Crippen LogP contribution in [0.3, 0.4) is 0 Å². The number of amides is 1. The molecule has 9 nitrogen and oxygen atoms in total. The van der Waals surface area contributed by atoms with Crippen LogP contribution in [0.15, 0.2) is 36.5 Å². The second kappa shape index (κ2) is 57.5. The number of hydrogen-bond acceptors (Lipinski definition) is 6. The Kier molecular flexibility index (Phi) is 56.1. The van der Waals surface area contributed by atoms with Crippen LogP contribution in [-0.2, 0) is 27.9 Å². The zero-order chi connectivity index (χ0) is 56.4.